The fourth-order valence-electron chi connectivity index (χ4n) is 5.38. The number of hydrogen-bond donors (Lipinski definition) is 0. The number of alkyl halides is 1. The predicted octanol–water partition coefficient (Wildman–Crippen LogP) is 1.73. The van der Waals surface area contributed by atoms with Crippen LogP contribution < -0.4 is 0 Å². The van der Waals surface area contributed by atoms with Crippen LogP contribution in [0.25, 0.3) is 0 Å². The molecule has 4 nitrogen and oxygen atoms in total. The van der Waals surface area contributed by atoms with E-state index in [1.54, 1.807) is 7.05 Å². The number of hydrogen-bond acceptors (Lipinski definition) is 2. The lowest BCUT2D eigenvalue weighted by molar-refractivity contribution is -0.150. The van der Waals surface area contributed by atoms with Gasteiger partial charge in [-0.3, -0.25) is 9.69 Å². The highest BCUT2D eigenvalue weighted by molar-refractivity contribution is 6.04. The van der Waals surface area contributed by atoms with E-state index in [9.17, 15) is 9.59 Å². The lowest BCUT2D eigenvalue weighted by atomic mass is 9.81. The fourth-order valence-corrected chi connectivity index (χ4v) is 5.38. The topological polar surface area (TPSA) is 40.6 Å². The zero-order valence-corrected chi connectivity index (χ0v) is 11.8. The van der Waals surface area contributed by atoms with Crippen molar-refractivity contribution in [3.8, 4) is 0 Å². The minimum Gasteiger partial charge on any atom is -0.320 e. The van der Waals surface area contributed by atoms with Crippen molar-refractivity contribution in [1.82, 2.24) is 9.80 Å². The zero-order valence-electron chi connectivity index (χ0n) is 11.8. The number of carbonyl (C=O) groups excluding carboxylic acids is 2. The summed E-state index contributed by atoms with van der Waals surface area (Å²) in [6, 6.07) is 6.85. The molecule has 108 valence electrons. The van der Waals surface area contributed by atoms with Crippen LogP contribution in [-0.2, 0) is 4.79 Å². The first-order chi connectivity index (χ1) is 9.99. The van der Waals surface area contributed by atoms with Crippen LogP contribution in [0.5, 0.6) is 0 Å². The second-order valence-electron chi connectivity index (χ2n) is 6.76. The lowest BCUT2D eigenvalue weighted by Crippen LogP contribution is -2.67. The first-order valence-corrected chi connectivity index (χ1v) is 7.32. The Bertz CT molecular complexity index is 720. The van der Waals surface area contributed by atoms with Crippen molar-refractivity contribution < 1.29 is 14.0 Å². The molecular formula is C16H15FN2O2. The molecule has 0 spiro atoms. The zero-order chi connectivity index (χ0) is 14.7. The van der Waals surface area contributed by atoms with Crippen LogP contribution in [0.3, 0.4) is 0 Å². The molecule has 21 heavy (non-hydrogen) atoms. The number of imide groups is 1. The number of amides is 3. The molecule has 6 atom stereocenters. The van der Waals surface area contributed by atoms with Crippen LogP contribution in [0.4, 0.5) is 9.18 Å². The Kier molecular flexibility index (Phi) is 1.75. The molecule has 0 bridgehead atoms. The Labute approximate surface area is 121 Å². The largest absolute Gasteiger partial charge is 0.326 e. The summed E-state index contributed by atoms with van der Waals surface area (Å²) in [6.07, 6.45) is 0. The number of rotatable bonds is 0. The average Bonchev–Trinajstić information content (AvgIpc) is 2.99. The second kappa shape index (κ2) is 3.13. The molecule has 0 aromatic heterocycles. The molecule has 5 heteroatoms. The predicted molar refractivity (Wildman–Crippen MR) is 72.5 cm³/mol. The third-order valence-corrected chi connectivity index (χ3v) is 6.09. The van der Waals surface area contributed by atoms with E-state index < -0.39 is 23.6 Å². The van der Waals surface area contributed by atoms with Gasteiger partial charge >= 0.3 is 6.03 Å². The van der Waals surface area contributed by atoms with Gasteiger partial charge in [-0.15, -0.1) is 0 Å². The second-order valence-corrected chi connectivity index (χ2v) is 6.76. The van der Waals surface area contributed by atoms with Crippen molar-refractivity contribution in [2.45, 2.75) is 23.5 Å². The molecule has 5 rings (SSSR count). The summed E-state index contributed by atoms with van der Waals surface area (Å²) < 4.78 is 15.9. The Morgan fingerprint density at radius 1 is 1.10 bits per heavy atom. The molecule has 3 aliphatic carbocycles. The standard InChI is InChI=1S/C16H15FN2O2/c1-18-13-11-9-7-5-3-4-6-8(7)12(10(9)11)16(13,17)14(20)19(2)15(18)21/h3-6,9-13H,1-2H3/t9?,10?,11-,12+,13+,16+/m0/s1. The van der Waals surface area contributed by atoms with E-state index in [0.29, 0.717) is 5.92 Å². The van der Waals surface area contributed by atoms with Gasteiger partial charge in [0.25, 0.3) is 5.91 Å². The monoisotopic (exact) mass is 286 g/mol. The quantitative estimate of drug-likeness (QED) is 0.728. The first-order valence-electron chi connectivity index (χ1n) is 7.32. The van der Waals surface area contributed by atoms with Gasteiger partial charge in [-0.2, -0.15) is 0 Å². The molecule has 3 amide bonds. The maximum Gasteiger partial charge on any atom is 0.326 e. The number of benzene rings is 1. The van der Waals surface area contributed by atoms with E-state index in [1.165, 1.54) is 17.5 Å². The van der Waals surface area contributed by atoms with Crippen molar-refractivity contribution >= 4 is 11.9 Å². The molecule has 3 fully saturated rings. The van der Waals surface area contributed by atoms with Crippen molar-refractivity contribution in [2.75, 3.05) is 14.1 Å². The van der Waals surface area contributed by atoms with Crippen LogP contribution >= 0.6 is 0 Å². The molecule has 0 radical (unpaired) electrons. The van der Waals surface area contributed by atoms with E-state index in [-0.39, 0.29) is 17.8 Å². The first kappa shape index (κ1) is 11.7. The highest BCUT2D eigenvalue weighted by atomic mass is 19.1. The molecule has 2 unspecified atom stereocenters. The Morgan fingerprint density at radius 2 is 1.76 bits per heavy atom. The van der Waals surface area contributed by atoms with Gasteiger partial charge in [-0.25, -0.2) is 9.18 Å². The van der Waals surface area contributed by atoms with Crippen molar-refractivity contribution in [3.05, 3.63) is 35.4 Å². The third kappa shape index (κ3) is 0.981. The maximum absolute atomic E-state index is 15.9. The van der Waals surface area contributed by atoms with E-state index in [2.05, 4.69) is 0 Å². The Balaban J connectivity index is 1.74. The normalized spacial score (nSPS) is 45.6. The number of urea groups is 1. The Morgan fingerprint density at radius 3 is 2.48 bits per heavy atom. The van der Waals surface area contributed by atoms with Crippen molar-refractivity contribution in [2.24, 2.45) is 11.8 Å². The highest BCUT2D eigenvalue weighted by Crippen LogP contribution is 2.78. The van der Waals surface area contributed by atoms with Gasteiger partial charge in [-0.05, 0) is 28.9 Å². The lowest BCUT2D eigenvalue weighted by Gasteiger charge is -2.45. The van der Waals surface area contributed by atoms with Gasteiger partial charge in [0.15, 0.2) is 0 Å². The number of fused-ring (bicyclic) bond motifs is 7. The summed E-state index contributed by atoms with van der Waals surface area (Å²) in [5, 5.41) is 0. The molecule has 1 saturated heterocycles. The number of carbonyl (C=O) groups is 2. The van der Waals surface area contributed by atoms with Crippen LogP contribution in [0.1, 0.15) is 23.0 Å². The summed E-state index contributed by atoms with van der Waals surface area (Å²) in [7, 11) is 3.00. The van der Waals surface area contributed by atoms with Crippen LogP contribution in [0, 0.1) is 11.8 Å². The van der Waals surface area contributed by atoms with Gasteiger partial charge in [0, 0.05) is 20.0 Å². The summed E-state index contributed by atoms with van der Waals surface area (Å²) >= 11 is 0. The highest BCUT2D eigenvalue weighted by Gasteiger charge is 2.82. The van der Waals surface area contributed by atoms with Gasteiger partial charge in [0.1, 0.15) is 0 Å². The summed E-state index contributed by atoms with van der Waals surface area (Å²) in [5.74, 6) is -0.446. The molecule has 1 heterocycles. The van der Waals surface area contributed by atoms with Gasteiger partial charge < -0.3 is 4.90 Å². The molecular weight excluding hydrogens is 271 g/mol. The Hall–Kier alpha value is -1.91. The van der Waals surface area contributed by atoms with Crippen LogP contribution in [0.2, 0.25) is 0 Å². The maximum atomic E-state index is 15.9. The van der Waals surface area contributed by atoms with Gasteiger partial charge in [0.05, 0.1) is 6.04 Å². The van der Waals surface area contributed by atoms with E-state index in [4.69, 9.17) is 0 Å². The number of halogens is 1. The van der Waals surface area contributed by atoms with Crippen molar-refractivity contribution in [1.29, 1.82) is 0 Å². The van der Waals surface area contributed by atoms with Crippen LogP contribution in [-0.4, -0.2) is 47.5 Å². The fraction of sp³-hybridized carbons (Fsp3) is 0.500. The smallest absolute Gasteiger partial charge is 0.320 e. The molecule has 2 saturated carbocycles. The molecule has 1 aliphatic heterocycles. The molecule has 0 N–H and O–H groups in total. The van der Waals surface area contributed by atoms with E-state index >= 15 is 4.39 Å². The van der Waals surface area contributed by atoms with Gasteiger partial charge in [-0.1, -0.05) is 24.3 Å². The average molecular weight is 286 g/mol. The van der Waals surface area contributed by atoms with Crippen LogP contribution in [0.15, 0.2) is 24.3 Å². The minimum atomic E-state index is -1.96. The summed E-state index contributed by atoms with van der Waals surface area (Å²) in [4.78, 5) is 27.1. The minimum absolute atomic E-state index is 0.0986. The van der Waals surface area contributed by atoms with E-state index in [1.807, 2.05) is 24.3 Å². The van der Waals surface area contributed by atoms with Crippen molar-refractivity contribution in [3.63, 3.8) is 0 Å². The number of nitrogens with zero attached hydrogens (tertiary/aromatic N) is 2. The molecule has 1 aromatic carbocycles. The van der Waals surface area contributed by atoms with Gasteiger partial charge in [0.2, 0.25) is 5.67 Å². The molecule has 1 aromatic rings. The summed E-state index contributed by atoms with van der Waals surface area (Å²) in [5.41, 5.74) is 0.189. The third-order valence-electron chi connectivity index (χ3n) is 6.09. The summed E-state index contributed by atoms with van der Waals surface area (Å²) in [6.45, 7) is 0. The van der Waals surface area contributed by atoms with E-state index in [0.717, 1.165) is 10.5 Å². The SMILES string of the molecule is CN1C(=O)N(C)[C@@H]2[C@H]3C4c5ccccc5[C@H](C43)[C@]2(F)C1=O. The molecule has 4 aliphatic rings.